The van der Waals surface area contributed by atoms with Crippen molar-refractivity contribution < 1.29 is 9.53 Å². The zero-order valence-corrected chi connectivity index (χ0v) is 13.6. The highest BCUT2D eigenvalue weighted by atomic mass is 16.6. The van der Waals surface area contributed by atoms with Crippen LogP contribution in [0.3, 0.4) is 0 Å². The van der Waals surface area contributed by atoms with Gasteiger partial charge in [-0.1, -0.05) is 18.4 Å². The number of carbonyl (C=O) groups is 1. The van der Waals surface area contributed by atoms with E-state index in [1.54, 1.807) is 10.6 Å². The van der Waals surface area contributed by atoms with E-state index in [1.165, 1.54) is 37.7 Å². The average molecular weight is 292 g/mol. The van der Waals surface area contributed by atoms with Crippen LogP contribution in [-0.2, 0) is 4.74 Å². The first-order valence-corrected chi connectivity index (χ1v) is 8.46. The Balaban J connectivity index is 1.85. The maximum absolute atomic E-state index is 12.6. The van der Waals surface area contributed by atoms with E-state index >= 15 is 0 Å². The van der Waals surface area contributed by atoms with Crippen molar-refractivity contribution in [3.05, 3.63) is 11.1 Å². The van der Waals surface area contributed by atoms with Gasteiger partial charge in [-0.05, 0) is 64.9 Å². The van der Waals surface area contributed by atoms with Crippen molar-refractivity contribution in [3.8, 4) is 0 Å². The van der Waals surface area contributed by atoms with Crippen molar-refractivity contribution in [2.45, 2.75) is 89.8 Å². The Bertz CT molecular complexity index is 450. The quantitative estimate of drug-likeness (QED) is 0.688. The van der Waals surface area contributed by atoms with E-state index in [4.69, 9.17) is 4.74 Å². The number of ether oxygens (including phenoxy) is 1. The van der Waals surface area contributed by atoms with E-state index in [1.807, 2.05) is 20.8 Å². The lowest BCUT2D eigenvalue weighted by molar-refractivity contribution is -0.00554. The van der Waals surface area contributed by atoms with Crippen LogP contribution in [0.1, 0.15) is 72.1 Å². The molecule has 2 saturated carbocycles. The Labute approximate surface area is 127 Å². The smallest absolute Gasteiger partial charge is 0.425 e. The summed E-state index contributed by atoms with van der Waals surface area (Å²) in [5, 5.41) is 1.80. The Kier molecular flexibility index (Phi) is 4.00. The minimum atomic E-state index is -0.440. The predicted molar refractivity (Wildman–Crippen MR) is 82.7 cm³/mol. The van der Waals surface area contributed by atoms with Gasteiger partial charge in [0, 0.05) is 6.04 Å². The van der Waals surface area contributed by atoms with Crippen molar-refractivity contribution in [3.63, 3.8) is 0 Å². The topological polar surface area (TPSA) is 41.6 Å². The minimum absolute atomic E-state index is 0.212. The first-order valence-electron chi connectivity index (χ1n) is 8.46. The molecule has 2 unspecified atom stereocenters. The van der Waals surface area contributed by atoms with Crippen LogP contribution in [0.5, 0.6) is 0 Å². The van der Waals surface area contributed by atoms with E-state index in [0.29, 0.717) is 6.04 Å². The summed E-state index contributed by atoms with van der Waals surface area (Å²) in [5.41, 5.74) is 6.18. The van der Waals surface area contributed by atoms with Crippen LogP contribution in [-0.4, -0.2) is 28.8 Å². The molecule has 0 aromatic heterocycles. The maximum atomic E-state index is 12.6. The lowest BCUT2D eigenvalue weighted by Crippen LogP contribution is -2.60. The van der Waals surface area contributed by atoms with Gasteiger partial charge in [-0.25, -0.2) is 15.2 Å². The molecule has 0 aromatic rings. The molecule has 1 N–H and O–H groups in total. The second kappa shape index (κ2) is 5.64. The zero-order chi connectivity index (χ0) is 15.0. The van der Waals surface area contributed by atoms with Crippen molar-refractivity contribution in [2.24, 2.45) is 0 Å². The van der Waals surface area contributed by atoms with Crippen LogP contribution in [0.15, 0.2) is 11.1 Å². The lowest BCUT2D eigenvalue weighted by Gasteiger charge is -2.46. The molecule has 0 spiro atoms. The molecule has 0 bridgehead atoms. The van der Waals surface area contributed by atoms with E-state index in [2.05, 4.69) is 5.43 Å². The molecule has 2 aliphatic carbocycles. The Hall–Kier alpha value is -1.03. The SMILES string of the molecule is CC(C)(C)OC(=O)N1NC2CCCCC2=C2CCCCC21. The second-order valence-corrected chi connectivity index (χ2v) is 7.59. The molecular formula is C17H28N2O2. The number of hydrogen-bond donors (Lipinski definition) is 1. The summed E-state index contributed by atoms with van der Waals surface area (Å²) in [6.07, 6.45) is 9.40. The molecule has 21 heavy (non-hydrogen) atoms. The summed E-state index contributed by atoms with van der Waals surface area (Å²) < 4.78 is 5.61. The Morgan fingerprint density at radius 2 is 1.76 bits per heavy atom. The first kappa shape index (κ1) is 14.9. The summed E-state index contributed by atoms with van der Waals surface area (Å²) in [7, 11) is 0. The van der Waals surface area contributed by atoms with Gasteiger partial charge in [0.05, 0.1) is 6.04 Å². The Morgan fingerprint density at radius 1 is 1.10 bits per heavy atom. The fraction of sp³-hybridized carbons (Fsp3) is 0.824. The molecule has 2 fully saturated rings. The third-order valence-electron chi connectivity index (χ3n) is 4.79. The largest absolute Gasteiger partial charge is 0.443 e. The number of hydrogen-bond acceptors (Lipinski definition) is 3. The third-order valence-corrected chi connectivity index (χ3v) is 4.79. The van der Waals surface area contributed by atoms with Gasteiger partial charge in [-0.15, -0.1) is 0 Å². The summed E-state index contributed by atoms with van der Waals surface area (Å²) in [6, 6.07) is 0.577. The van der Waals surface area contributed by atoms with Crippen LogP contribution in [0.25, 0.3) is 0 Å². The molecule has 118 valence electrons. The molecule has 4 heteroatoms. The van der Waals surface area contributed by atoms with Gasteiger partial charge < -0.3 is 4.74 Å². The molecule has 0 aromatic carbocycles. The van der Waals surface area contributed by atoms with Crippen molar-refractivity contribution >= 4 is 6.09 Å². The van der Waals surface area contributed by atoms with Crippen LogP contribution in [0, 0.1) is 0 Å². The normalized spacial score (nSPS) is 29.8. The van der Waals surface area contributed by atoms with E-state index in [-0.39, 0.29) is 12.1 Å². The highest BCUT2D eigenvalue weighted by molar-refractivity contribution is 5.69. The molecular weight excluding hydrogens is 264 g/mol. The number of carbonyl (C=O) groups excluding carboxylic acids is 1. The lowest BCUT2D eigenvalue weighted by atomic mass is 9.77. The highest BCUT2D eigenvalue weighted by Gasteiger charge is 2.40. The van der Waals surface area contributed by atoms with Gasteiger partial charge in [0.2, 0.25) is 0 Å². The van der Waals surface area contributed by atoms with Crippen LogP contribution in [0.4, 0.5) is 4.79 Å². The van der Waals surface area contributed by atoms with Crippen molar-refractivity contribution in [1.29, 1.82) is 0 Å². The van der Waals surface area contributed by atoms with Crippen molar-refractivity contribution in [1.82, 2.24) is 10.4 Å². The van der Waals surface area contributed by atoms with Gasteiger partial charge >= 0.3 is 6.09 Å². The van der Waals surface area contributed by atoms with Crippen LogP contribution < -0.4 is 5.43 Å². The summed E-state index contributed by atoms with van der Waals surface area (Å²) >= 11 is 0. The molecule has 1 heterocycles. The van der Waals surface area contributed by atoms with Gasteiger partial charge in [0.25, 0.3) is 0 Å². The molecule has 2 atom stereocenters. The fourth-order valence-corrected chi connectivity index (χ4v) is 3.94. The van der Waals surface area contributed by atoms with Gasteiger partial charge in [0.15, 0.2) is 0 Å². The number of rotatable bonds is 0. The molecule has 0 saturated heterocycles. The average Bonchev–Trinajstić information content (AvgIpc) is 2.44. The number of nitrogens with zero attached hydrogens (tertiary/aromatic N) is 1. The minimum Gasteiger partial charge on any atom is -0.443 e. The van der Waals surface area contributed by atoms with Gasteiger partial charge in [-0.2, -0.15) is 0 Å². The number of hydrazine groups is 1. The number of nitrogens with one attached hydrogen (secondary N) is 1. The van der Waals surface area contributed by atoms with E-state index < -0.39 is 5.60 Å². The van der Waals surface area contributed by atoms with E-state index in [0.717, 1.165) is 19.3 Å². The zero-order valence-electron chi connectivity index (χ0n) is 13.6. The third kappa shape index (κ3) is 3.10. The number of amides is 1. The molecule has 3 aliphatic rings. The molecule has 0 radical (unpaired) electrons. The maximum Gasteiger partial charge on any atom is 0.425 e. The van der Waals surface area contributed by atoms with Crippen molar-refractivity contribution in [2.75, 3.05) is 0 Å². The molecule has 3 rings (SSSR count). The van der Waals surface area contributed by atoms with Gasteiger partial charge in [0.1, 0.15) is 5.60 Å². The molecule has 1 aliphatic heterocycles. The van der Waals surface area contributed by atoms with Crippen LogP contribution in [0.2, 0.25) is 0 Å². The summed E-state index contributed by atoms with van der Waals surface area (Å²) in [6.45, 7) is 5.79. The second-order valence-electron chi connectivity index (χ2n) is 7.59. The molecule has 1 amide bonds. The summed E-state index contributed by atoms with van der Waals surface area (Å²) in [5.74, 6) is 0. The van der Waals surface area contributed by atoms with E-state index in [9.17, 15) is 4.79 Å². The standard InChI is InChI=1S/C17H28N2O2/c1-17(2,3)21-16(20)19-15-11-7-5-9-13(15)12-8-4-6-10-14(12)18-19/h14-15,18H,4-11H2,1-3H3. The monoisotopic (exact) mass is 292 g/mol. The highest BCUT2D eigenvalue weighted by Crippen LogP contribution is 2.39. The van der Waals surface area contributed by atoms with Gasteiger partial charge in [-0.3, -0.25) is 0 Å². The number of fused-ring (bicyclic) bond motifs is 2. The molecule has 4 nitrogen and oxygen atoms in total. The first-order chi connectivity index (χ1) is 9.96. The van der Waals surface area contributed by atoms with Crippen LogP contribution >= 0.6 is 0 Å². The fourth-order valence-electron chi connectivity index (χ4n) is 3.94. The summed E-state index contributed by atoms with van der Waals surface area (Å²) in [4.78, 5) is 12.6. The predicted octanol–water partition coefficient (Wildman–Crippen LogP) is 3.92. The Morgan fingerprint density at radius 3 is 2.48 bits per heavy atom.